The highest BCUT2D eigenvalue weighted by Crippen LogP contribution is 2.33. The number of nitrogens with one attached hydrogen (secondary N) is 1. The van der Waals surface area contributed by atoms with Crippen LogP contribution in [0.5, 0.6) is 0 Å². The fraction of sp³-hybridized carbons (Fsp3) is 0.0690. The van der Waals surface area contributed by atoms with Crippen LogP contribution in [0.25, 0.3) is 11.0 Å². The number of fused-ring (bicyclic) bond motifs is 1. The average molecular weight is 498 g/mol. The fourth-order valence-corrected chi connectivity index (χ4v) is 4.00. The molecule has 0 aliphatic carbocycles. The summed E-state index contributed by atoms with van der Waals surface area (Å²) in [6.07, 6.45) is 3.28. The molecule has 5 rings (SSSR count). The molecule has 2 amide bonds. The Bertz CT molecular complexity index is 1570. The second kappa shape index (κ2) is 10.4. The molecule has 0 spiro atoms. The number of para-hydroxylation sites is 1. The van der Waals surface area contributed by atoms with E-state index in [4.69, 9.17) is 4.42 Å². The lowest BCUT2D eigenvalue weighted by Crippen LogP contribution is -2.30. The number of carbonyl (C=O) groups excluding carboxylic acids is 2. The molecule has 0 bridgehead atoms. The van der Waals surface area contributed by atoms with Gasteiger partial charge in [0.15, 0.2) is 0 Å². The van der Waals surface area contributed by atoms with Crippen molar-refractivity contribution < 1.29 is 22.8 Å². The zero-order valence-electron chi connectivity index (χ0n) is 19.5. The van der Waals surface area contributed by atoms with Crippen LogP contribution in [0.2, 0.25) is 0 Å². The number of benzene rings is 3. The van der Waals surface area contributed by atoms with Gasteiger partial charge < -0.3 is 14.6 Å². The van der Waals surface area contributed by atoms with Crippen molar-refractivity contribution in [3.8, 4) is 0 Å². The van der Waals surface area contributed by atoms with Gasteiger partial charge in [-0.3, -0.25) is 14.6 Å². The van der Waals surface area contributed by atoms with Crippen molar-refractivity contribution in [3.63, 3.8) is 0 Å². The van der Waals surface area contributed by atoms with Crippen molar-refractivity contribution in [2.75, 3.05) is 5.32 Å². The number of hydrogen-bond acceptors (Lipinski definition) is 4. The van der Waals surface area contributed by atoms with Crippen LogP contribution in [0.4, 0.5) is 14.5 Å². The standard InChI is InChI=1S/C29H21F2N3O3/c30-22-12-10-19(11-13-22)17-34(18-20-5-4-14-32-16-20)29(36)27-26(24-8-1-2-9-25(24)37-27)33-28(35)21-6-3-7-23(31)15-21/h1-16H,17-18H2,(H,33,35). The fourth-order valence-electron chi connectivity index (χ4n) is 4.00. The topological polar surface area (TPSA) is 75.4 Å². The second-order valence-corrected chi connectivity index (χ2v) is 8.42. The van der Waals surface area contributed by atoms with Gasteiger partial charge in [-0.05, 0) is 59.7 Å². The van der Waals surface area contributed by atoms with Crippen LogP contribution in [0.15, 0.2) is 102 Å². The molecule has 0 aliphatic rings. The Kier molecular flexibility index (Phi) is 6.72. The quantitative estimate of drug-likeness (QED) is 0.291. The Labute approximate surface area is 211 Å². The average Bonchev–Trinajstić information content (AvgIpc) is 3.28. The summed E-state index contributed by atoms with van der Waals surface area (Å²) in [5.41, 5.74) is 2.18. The van der Waals surface area contributed by atoms with Crippen molar-refractivity contribution in [2.45, 2.75) is 13.1 Å². The van der Waals surface area contributed by atoms with E-state index in [1.807, 2.05) is 6.07 Å². The van der Waals surface area contributed by atoms with Gasteiger partial charge in [0, 0.05) is 36.4 Å². The highest BCUT2D eigenvalue weighted by Gasteiger charge is 2.27. The molecule has 6 nitrogen and oxygen atoms in total. The van der Waals surface area contributed by atoms with E-state index in [2.05, 4.69) is 10.3 Å². The summed E-state index contributed by atoms with van der Waals surface area (Å²) in [6, 6.07) is 21.7. The minimum absolute atomic E-state index is 0.0723. The van der Waals surface area contributed by atoms with Gasteiger partial charge in [0.2, 0.25) is 5.76 Å². The summed E-state index contributed by atoms with van der Waals surface area (Å²) in [5.74, 6) is -2.08. The molecule has 0 saturated carbocycles. The van der Waals surface area contributed by atoms with Crippen LogP contribution in [0.3, 0.4) is 0 Å². The van der Waals surface area contributed by atoms with Crippen LogP contribution in [0.1, 0.15) is 32.0 Å². The van der Waals surface area contributed by atoms with Gasteiger partial charge in [0.1, 0.15) is 22.9 Å². The molecular formula is C29H21F2N3O3. The van der Waals surface area contributed by atoms with Crippen LogP contribution >= 0.6 is 0 Å². The summed E-state index contributed by atoms with van der Waals surface area (Å²) in [6.45, 7) is 0.348. The first-order valence-corrected chi connectivity index (χ1v) is 11.5. The third-order valence-corrected chi connectivity index (χ3v) is 5.79. The van der Waals surface area contributed by atoms with E-state index in [0.29, 0.717) is 16.5 Å². The molecule has 0 radical (unpaired) electrons. The van der Waals surface area contributed by atoms with Crippen molar-refractivity contribution >= 4 is 28.5 Å². The Morgan fingerprint density at radius 2 is 1.62 bits per heavy atom. The molecule has 2 aromatic heterocycles. The molecule has 3 aromatic carbocycles. The summed E-state index contributed by atoms with van der Waals surface area (Å²) < 4.78 is 33.1. The van der Waals surface area contributed by atoms with E-state index in [9.17, 15) is 18.4 Å². The molecule has 184 valence electrons. The van der Waals surface area contributed by atoms with Crippen molar-refractivity contribution in [1.29, 1.82) is 0 Å². The van der Waals surface area contributed by atoms with Gasteiger partial charge in [-0.25, -0.2) is 8.78 Å². The highest BCUT2D eigenvalue weighted by molar-refractivity contribution is 6.14. The lowest BCUT2D eigenvalue weighted by molar-refractivity contribution is 0.0701. The number of halogens is 2. The molecule has 0 atom stereocenters. The summed E-state index contributed by atoms with van der Waals surface area (Å²) in [5, 5.41) is 3.27. The van der Waals surface area contributed by atoms with Crippen molar-refractivity contribution in [2.24, 2.45) is 0 Å². The van der Waals surface area contributed by atoms with E-state index in [1.165, 1.54) is 35.2 Å². The molecule has 1 N–H and O–H groups in total. The first-order chi connectivity index (χ1) is 18.0. The van der Waals surface area contributed by atoms with Gasteiger partial charge in [0.05, 0.1) is 0 Å². The smallest absolute Gasteiger partial charge is 0.292 e. The van der Waals surface area contributed by atoms with E-state index in [-0.39, 0.29) is 35.9 Å². The van der Waals surface area contributed by atoms with Crippen molar-refractivity contribution in [3.05, 3.63) is 131 Å². The molecule has 0 fully saturated rings. The van der Waals surface area contributed by atoms with Gasteiger partial charge >= 0.3 is 0 Å². The largest absolute Gasteiger partial charge is 0.449 e. The maximum atomic E-state index is 13.9. The number of rotatable bonds is 7. The maximum Gasteiger partial charge on any atom is 0.292 e. The van der Waals surface area contributed by atoms with Crippen LogP contribution < -0.4 is 5.32 Å². The maximum absolute atomic E-state index is 13.9. The van der Waals surface area contributed by atoms with Gasteiger partial charge in [-0.1, -0.05) is 36.4 Å². The molecule has 5 aromatic rings. The number of furan rings is 1. The SMILES string of the molecule is O=C(Nc1c(C(=O)N(Cc2ccc(F)cc2)Cc2cccnc2)oc2ccccc12)c1cccc(F)c1. The molecule has 2 heterocycles. The Morgan fingerprint density at radius 1 is 0.838 bits per heavy atom. The lowest BCUT2D eigenvalue weighted by Gasteiger charge is -2.22. The monoisotopic (exact) mass is 497 g/mol. The molecule has 37 heavy (non-hydrogen) atoms. The molecule has 0 saturated heterocycles. The zero-order valence-corrected chi connectivity index (χ0v) is 19.5. The molecule has 0 unspecified atom stereocenters. The van der Waals surface area contributed by atoms with Crippen molar-refractivity contribution in [1.82, 2.24) is 9.88 Å². The first-order valence-electron chi connectivity index (χ1n) is 11.5. The predicted molar refractivity (Wildman–Crippen MR) is 135 cm³/mol. The molecule has 0 aliphatic heterocycles. The van der Waals surface area contributed by atoms with Crippen LogP contribution in [-0.4, -0.2) is 21.7 Å². The minimum atomic E-state index is -0.586. The number of nitrogens with zero attached hydrogens (tertiary/aromatic N) is 2. The number of anilines is 1. The van der Waals surface area contributed by atoms with Gasteiger partial charge in [-0.15, -0.1) is 0 Å². The van der Waals surface area contributed by atoms with Crippen LogP contribution in [-0.2, 0) is 13.1 Å². The molecular weight excluding hydrogens is 476 g/mol. The second-order valence-electron chi connectivity index (χ2n) is 8.42. The number of pyridine rings is 1. The summed E-state index contributed by atoms with van der Waals surface area (Å²) in [7, 11) is 0. The van der Waals surface area contributed by atoms with E-state index >= 15 is 0 Å². The Balaban J connectivity index is 1.53. The number of carbonyl (C=O) groups is 2. The third-order valence-electron chi connectivity index (χ3n) is 5.79. The summed E-state index contributed by atoms with van der Waals surface area (Å²) >= 11 is 0. The summed E-state index contributed by atoms with van der Waals surface area (Å²) in [4.78, 5) is 32.5. The Hall–Kier alpha value is -4.85. The zero-order chi connectivity index (χ0) is 25.8. The molecule has 8 heteroatoms. The predicted octanol–water partition coefficient (Wildman–Crippen LogP) is 6.20. The Morgan fingerprint density at radius 3 is 2.38 bits per heavy atom. The van der Waals surface area contributed by atoms with Gasteiger partial charge in [0.25, 0.3) is 11.8 Å². The number of aromatic nitrogens is 1. The third kappa shape index (κ3) is 5.38. The van der Waals surface area contributed by atoms with Crippen LogP contribution in [0, 0.1) is 11.6 Å². The van der Waals surface area contributed by atoms with Gasteiger partial charge in [-0.2, -0.15) is 0 Å². The highest BCUT2D eigenvalue weighted by atomic mass is 19.1. The van der Waals surface area contributed by atoms with E-state index in [0.717, 1.165) is 11.6 Å². The van der Waals surface area contributed by atoms with E-state index < -0.39 is 17.6 Å². The normalized spacial score (nSPS) is 10.9. The minimum Gasteiger partial charge on any atom is -0.449 e. The number of amides is 2. The first kappa shape index (κ1) is 23.9. The van der Waals surface area contributed by atoms with E-state index in [1.54, 1.807) is 54.9 Å². The lowest BCUT2D eigenvalue weighted by atomic mass is 10.1. The number of hydrogen-bond donors (Lipinski definition) is 1.